The summed E-state index contributed by atoms with van der Waals surface area (Å²) in [6.07, 6.45) is 2.35. The van der Waals surface area contributed by atoms with Gasteiger partial charge in [0.05, 0.1) is 10.2 Å². The largest absolute Gasteiger partial charge is 0.309 e. The summed E-state index contributed by atoms with van der Waals surface area (Å²) in [4.78, 5) is 23.3. The van der Waals surface area contributed by atoms with Crippen molar-refractivity contribution in [3.63, 3.8) is 0 Å². The van der Waals surface area contributed by atoms with Crippen molar-refractivity contribution in [1.29, 1.82) is 0 Å². The molecule has 0 saturated carbocycles. The van der Waals surface area contributed by atoms with Gasteiger partial charge in [0.15, 0.2) is 5.13 Å². The van der Waals surface area contributed by atoms with Gasteiger partial charge in [0.25, 0.3) is 0 Å². The summed E-state index contributed by atoms with van der Waals surface area (Å²) in [7, 11) is 4.13. The standard InChI is InChI=1S/C24H31N3OS2.ClH/c1-18-11-13-20(14-12-18)29-17-6-10-22(28)27(16-7-15-26(3)4)24-25-23-19(2)8-5-9-21(23)30-24;/h5,8-9,11-14H,6-7,10,15-17H2,1-4H3;1H. The van der Waals surface area contributed by atoms with Gasteiger partial charge in [-0.25, -0.2) is 4.98 Å². The second-order valence-corrected chi connectivity index (χ2v) is 10.1. The molecule has 0 saturated heterocycles. The summed E-state index contributed by atoms with van der Waals surface area (Å²) in [6.45, 7) is 5.84. The van der Waals surface area contributed by atoms with Crippen LogP contribution in [0.3, 0.4) is 0 Å². The number of halogens is 1. The summed E-state index contributed by atoms with van der Waals surface area (Å²) in [5, 5.41) is 0.828. The van der Waals surface area contributed by atoms with E-state index in [2.05, 4.69) is 75.3 Å². The Bertz CT molecular complexity index is 973. The Morgan fingerprint density at radius 2 is 1.77 bits per heavy atom. The van der Waals surface area contributed by atoms with Gasteiger partial charge < -0.3 is 4.90 Å². The van der Waals surface area contributed by atoms with Crippen LogP contribution < -0.4 is 4.90 Å². The van der Waals surface area contributed by atoms with Crippen LogP contribution in [0.4, 0.5) is 5.13 Å². The monoisotopic (exact) mass is 477 g/mol. The fourth-order valence-corrected chi connectivity index (χ4v) is 5.18. The first-order chi connectivity index (χ1) is 14.4. The molecule has 2 aromatic carbocycles. The second kappa shape index (κ2) is 12.4. The number of thioether (sulfide) groups is 1. The number of anilines is 1. The maximum Gasteiger partial charge on any atom is 0.228 e. The van der Waals surface area contributed by atoms with Crippen molar-refractivity contribution in [2.24, 2.45) is 0 Å². The zero-order valence-corrected chi connectivity index (χ0v) is 21.2. The molecule has 0 radical (unpaired) electrons. The zero-order chi connectivity index (χ0) is 21.5. The van der Waals surface area contributed by atoms with Gasteiger partial charge >= 0.3 is 0 Å². The molecule has 1 amide bonds. The third kappa shape index (κ3) is 7.49. The van der Waals surface area contributed by atoms with Crippen LogP contribution in [-0.2, 0) is 4.79 Å². The van der Waals surface area contributed by atoms with Crippen LogP contribution in [-0.4, -0.2) is 48.7 Å². The molecule has 0 spiro atoms. The lowest BCUT2D eigenvalue weighted by molar-refractivity contribution is -0.118. The Morgan fingerprint density at radius 3 is 2.45 bits per heavy atom. The van der Waals surface area contributed by atoms with Crippen LogP contribution in [0.2, 0.25) is 0 Å². The first-order valence-corrected chi connectivity index (χ1v) is 12.2. The smallest absolute Gasteiger partial charge is 0.228 e. The number of carbonyl (C=O) groups excluding carboxylic acids is 1. The Balaban J connectivity index is 0.00000341. The molecule has 7 heteroatoms. The lowest BCUT2D eigenvalue weighted by Crippen LogP contribution is -2.33. The lowest BCUT2D eigenvalue weighted by atomic mass is 10.2. The minimum Gasteiger partial charge on any atom is -0.309 e. The molecule has 0 N–H and O–H groups in total. The van der Waals surface area contributed by atoms with Crippen molar-refractivity contribution in [2.75, 3.05) is 37.8 Å². The molecule has 0 unspecified atom stereocenters. The minimum atomic E-state index is 0. The van der Waals surface area contributed by atoms with Gasteiger partial charge in [0.1, 0.15) is 0 Å². The number of nitrogens with zero attached hydrogens (tertiary/aromatic N) is 3. The van der Waals surface area contributed by atoms with Gasteiger partial charge in [-0.1, -0.05) is 41.2 Å². The quantitative estimate of drug-likeness (QED) is 0.257. The molecule has 168 valence electrons. The zero-order valence-electron chi connectivity index (χ0n) is 18.8. The SMILES string of the molecule is Cc1ccc(SCCCC(=O)N(CCCN(C)C)c2nc3c(C)cccc3s2)cc1.Cl. The highest BCUT2D eigenvalue weighted by atomic mass is 35.5. The molecule has 0 aliphatic rings. The van der Waals surface area contributed by atoms with Gasteiger partial charge in [-0.05, 0) is 76.8 Å². The van der Waals surface area contributed by atoms with Crippen molar-refractivity contribution in [3.8, 4) is 0 Å². The van der Waals surface area contributed by atoms with Crippen molar-refractivity contribution in [1.82, 2.24) is 9.88 Å². The number of aryl methyl sites for hydroxylation is 2. The summed E-state index contributed by atoms with van der Waals surface area (Å²) in [6, 6.07) is 14.8. The summed E-state index contributed by atoms with van der Waals surface area (Å²) < 4.78 is 1.14. The fourth-order valence-electron chi connectivity index (χ4n) is 3.24. The maximum atomic E-state index is 13.1. The molecule has 0 bridgehead atoms. The number of amides is 1. The van der Waals surface area contributed by atoms with Crippen molar-refractivity contribution in [2.45, 2.75) is 38.0 Å². The molecule has 3 rings (SSSR count). The lowest BCUT2D eigenvalue weighted by Gasteiger charge is -2.21. The van der Waals surface area contributed by atoms with Crippen LogP contribution in [0.1, 0.15) is 30.4 Å². The predicted octanol–water partition coefficient (Wildman–Crippen LogP) is 6.19. The first kappa shape index (κ1) is 25.7. The fraction of sp³-hybridized carbons (Fsp3) is 0.417. The molecule has 31 heavy (non-hydrogen) atoms. The van der Waals surface area contributed by atoms with E-state index in [0.717, 1.165) is 46.1 Å². The van der Waals surface area contributed by atoms with E-state index in [0.29, 0.717) is 13.0 Å². The van der Waals surface area contributed by atoms with E-state index in [9.17, 15) is 4.79 Å². The van der Waals surface area contributed by atoms with E-state index in [1.165, 1.54) is 10.5 Å². The molecule has 4 nitrogen and oxygen atoms in total. The van der Waals surface area contributed by atoms with E-state index in [4.69, 9.17) is 4.98 Å². The molecular formula is C24H32ClN3OS2. The Morgan fingerprint density at radius 1 is 1.03 bits per heavy atom. The third-order valence-electron chi connectivity index (χ3n) is 4.95. The molecule has 1 heterocycles. The van der Waals surface area contributed by atoms with Gasteiger partial charge in [-0.2, -0.15) is 0 Å². The molecule has 0 fully saturated rings. The van der Waals surface area contributed by atoms with Crippen molar-refractivity contribution >= 4 is 56.8 Å². The third-order valence-corrected chi connectivity index (χ3v) is 7.10. The number of fused-ring (bicyclic) bond motifs is 1. The number of para-hydroxylation sites is 1. The van der Waals surface area contributed by atoms with E-state index in [1.807, 2.05) is 16.7 Å². The summed E-state index contributed by atoms with van der Waals surface area (Å²) in [5.74, 6) is 1.12. The van der Waals surface area contributed by atoms with Crippen LogP contribution in [0.15, 0.2) is 47.4 Å². The van der Waals surface area contributed by atoms with Gasteiger partial charge in [0, 0.05) is 17.9 Å². The van der Waals surface area contributed by atoms with Gasteiger partial charge in [-0.15, -0.1) is 24.2 Å². The highest BCUT2D eigenvalue weighted by molar-refractivity contribution is 7.99. The van der Waals surface area contributed by atoms with Crippen LogP contribution in [0.25, 0.3) is 10.2 Å². The van der Waals surface area contributed by atoms with Crippen LogP contribution in [0.5, 0.6) is 0 Å². The molecule has 0 aliphatic carbocycles. The second-order valence-electron chi connectivity index (χ2n) is 7.89. The van der Waals surface area contributed by atoms with Gasteiger partial charge in [0.2, 0.25) is 5.91 Å². The highest BCUT2D eigenvalue weighted by Crippen LogP contribution is 2.31. The van der Waals surface area contributed by atoms with E-state index in [-0.39, 0.29) is 18.3 Å². The molecule has 3 aromatic rings. The van der Waals surface area contributed by atoms with E-state index in [1.54, 1.807) is 11.3 Å². The van der Waals surface area contributed by atoms with Crippen LogP contribution >= 0.6 is 35.5 Å². The summed E-state index contributed by atoms with van der Waals surface area (Å²) in [5.41, 5.74) is 3.44. The average Bonchev–Trinajstić information content (AvgIpc) is 3.15. The molecule has 0 aliphatic heterocycles. The normalized spacial score (nSPS) is 11.0. The van der Waals surface area contributed by atoms with Crippen LogP contribution in [0, 0.1) is 13.8 Å². The van der Waals surface area contributed by atoms with Gasteiger partial charge in [-0.3, -0.25) is 9.69 Å². The number of thiazole rings is 1. The maximum absolute atomic E-state index is 13.1. The predicted molar refractivity (Wildman–Crippen MR) is 138 cm³/mol. The Kier molecular flexibility index (Phi) is 10.3. The molecule has 1 aromatic heterocycles. The summed E-state index contributed by atoms with van der Waals surface area (Å²) >= 11 is 3.44. The van der Waals surface area contributed by atoms with E-state index < -0.39 is 0 Å². The number of benzene rings is 2. The average molecular weight is 478 g/mol. The minimum absolute atomic E-state index is 0. The molecule has 0 atom stereocenters. The Labute approximate surface area is 200 Å². The first-order valence-electron chi connectivity index (χ1n) is 10.4. The Hall–Kier alpha value is -1.60. The van der Waals surface area contributed by atoms with E-state index >= 15 is 0 Å². The number of rotatable bonds is 10. The topological polar surface area (TPSA) is 36.4 Å². The van der Waals surface area contributed by atoms with Crippen molar-refractivity contribution < 1.29 is 4.79 Å². The number of hydrogen-bond donors (Lipinski definition) is 0. The number of carbonyl (C=O) groups is 1. The molecular weight excluding hydrogens is 446 g/mol. The number of hydrogen-bond acceptors (Lipinski definition) is 5. The highest BCUT2D eigenvalue weighted by Gasteiger charge is 2.19. The van der Waals surface area contributed by atoms with Crippen molar-refractivity contribution in [3.05, 3.63) is 53.6 Å². The number of aromatic nitrogens is 1.